The number of carbonyl (C=O) groups is 2. The Hall–Kier alpha value is -2.67. The van der Waals surface area contributed by atoms with Crippen molar-refractivity contribution in [2.45, 2.75) is 25.3 Å². The molecule has 0 saturated heterocycles. The molecule has 0 spiro atoms. The van der Waals surface area contributed by atoms with E-state index < -0.39 is 17.6 Å². The van der Waals surface area contributed by atoms with Crippen LogP contribution in [0.5, 0.6) is 0 Å². The Kier molecular flexibility index (Phi) is 4.85. The predicted octanol–water partition coefficient (Wildman–Crippen LogP) is 2.30. The van der Waals surface area contributed by atoms with E-state index in [1.165, 1.54) is 18.2 Å². The molecule has 0 unspecified atom stereocenters. The number of halogens is 2. The fourth-order valence-electron chi connectivity index (χ4n) is 2.84. The SMILES string of the molecule is O=C(Nc1ccc(Cl)c(F)c1)C(=O)N[C@@H]1CCCc2[nH]c(=O)ccc21. The number of aromatic nitrogens is 1. The van der Waals surface area contributed by atoms with Crippen LogP contribution in [-0.4, -0.2) is 16.8 Å². The first-order chi connectivity index (χ1) is 11.9. The summed E-state index contributed by atoms with van der Waals surface area (Å²) in [6, 6.07) is 6.41. The van der Waals surface area contributed by atoms with E-state index in [0.29, 0.717) is 12.8 Å². The van der Waals surface area contributed by atoms with E-state index in [4.69, 9.17) is 11.6 Å². The molecule has 0 radical (unpaired) electrons. The highest BCUT2D eigenvalue weighted by molar-refractivity contribution is 6.39. The second-order valence-corrected chi connectivity index (χ2v) is 6.16. The third-order valence-electron chi connectivity index (χ3n) is 4.02. The van der Waals surface area contributed by atoms with Crippen LogP contribution in [0.1, 0.15) is 30.1 Å². The molecule has 1 heterocycles. The van der Waals surface area contributed by atoms with E-state index in [0.717, 1.165) is 23.7 Å². The van der Waals surface area contributed by atoms with Crippen LogP contribution in [-0.2, 0) is 16.0 Å². The van der Waals surface area contributed by atoms with Gasteiger partial charge in [0.05, 0.1) is 11.1 Å². The molecule has 0 bridgehead atoms. The Balaban J connectivity index is 1.69. The first-order valence-corrected chi connectivity index (χ1v) is 8.11. The standard InChI is InChI=1S/C17H15ClFN3O3/c18-11-6-4-9(8-12(11)19)20-16(24)17(25)22-14-3-1-2-13-10(14)5-7-15(23)21-13/h4-8,14H,1-3H2,(H,20,24)(H,21,23)(H,22,25)/t14-/m1/s1. The van der Waals surface area contributed by atoms with Crippen molar-refractivity contribution in [2.24, 2.45) is 0 Å². The number of H-pyrrole nitrogens is 1. The Labute approximate surface area is 147 Å². The van der Waals surface area contributed by atoms with Gasteiger partial charge in [0.25, 0.3) is 0 Å². The highest BCUT2D eigenvalue weighted by Crippen LogP contribution is 2.27. The van der Waals surface area contributed by atoms with E-state index in [-0.39, 0.29) is 22.3 Å². The normalized spacial score (nSPS) is 16.0. The molecule has 2 aromatic rings. The average Bonchev–Trinajstić information content (AvgIpc) is 2.58. The zero-order chi connectivity index (χ0) is 18.0. The third kappa shape index (κ3) is 3.88. The molecule has 2 amide bonds. The van der Waals surface area contributed by atoms with Crippen molar-refractivity contribution < 1.29 is 14.0 Å². The van der Waals surface area contributed by atoms with Crippen molar-refractivity contribution in [1.29, 1.82) is 0 Å². The van der Waals surface area contributed by atoms with E-state index in [1.54, 1.807) is 6.07 Å². The molecule has 3 rings (SSSR count). The largest absolute Gasteiger partial charge is 0.341 e. The maximum Gasteiger partial charge on any atom is 0.313 e. The van der Waals surface area contributed by atoms with E-state index in [2.05, 4.69) is 15.6 Å². The van der Waals surface area contributed by atoms with Crippen molar-refractivity contribution >= 4 is 29.1 Å². The van der Waals surface area contributed by atoms with Crippen LogP contribution >= 0.6 is 11.6 Å². The molecule has 0 aliphatic heterocycles. The number of anilines is 1. The van der Waals surface area contributed by atoms with Gasteiger partial charge in [-0.1, -0.05) is 11.6 Å². The van der Waals surface area contributed by atoms with Gasteiger partial charge in [0.2, 0.25) is 5.56 Å². The fourth-order valence-corrected chi connectivity index (χ4v) is 2.95. The Bertz CT molecular complexity index is 897. The first-order valence-electron chi connectivity index (χ1n) is 7.73. The van der Waals surface area contributed by atoms with Crippen molar-refractivity contribution in [2.75, 3.05) is 5.32 Å². The molecule has 1 aliphatic rings. The van der Waals surface area contributed by atoms with Gasteiger partial charge in [0.1, 0.15) is 5.82 Å². The summed E-state index contributed by atoms with van der Waals surface area (Å²) in [7, 11) is 0. The van der Waals surface area contributed by atoms with E-state index in [1.807, 2.05) is 0 Å². The van der Waals surface area contributed by atoms with Gasteiger partial charge >= 0.3 is 11.8 Å². The minimum atomic E-state index is -0.904. The number of pyridine rings is 1. The fraction of sp³-hybridized carbons (Fsp3) is 0.235. The monoisotopic (exact) mass is 363 g/mol. The minimum absolute atomic E-state index is 0.0738. The zero-order valence-electron chi connectivity index (χ0n) is 13.1. The number of fused-ring (bicyclic) bond motifs is 1. The number of rotatable bonds is 2. The molecule has 6 nitrogen and oxygen atoms in total. The lowest BCUT2D eigenvalue weighted by Crippen LogP contribution is -2.39. The topological polar surface area (TPSA) is 91.1 Å². The van der Waals surface area contributed by atoms with Gasteiger partial charge in [0.15, 0.2) is 0 Å². The number of nitrogens with one attached hydrogen (secondary N) is 3. The summed E-state index contributed by atoms with van der Waals surface area (Å²) in [5, 5.41) is 4.90. The number of aromatic amines is 1. The highest BCUT2D eigenvalue weighted by Gasteiger charge is 2.25. The lowest BCUT2D eigenvalue weighted by molar-refractivity contribution is -0.136. The Morgan fingerprint density at radius 2 is 2.00 bits per heavy atom. The van der Waals surface area contributed by atoms with E-state index in [9.17, 15) is 18.8 Å². The molecule has 0 saturated carbocycles. The molecular formula is C17H15ClFN3O3. The van der Waals surface area contributed by atoms with Crippen molar-refractivity contribution in [3.8, 4) is 0 Å². The van der Waals surface area contributed by atoms with Crippen LogP contribution in [0.15, 0.2) is 35.1 Å². The summed E-state index contributed by atoms with van der Waals surface area (Å²) in [5.74, 6) is -2.43. The Morgan fingerprint density at radius 3 is 2.76 bits per heavy atom. The summed E-state index contributed by atoms with van der Waals surface area (Å²) in [5.41, 5.74) is 1.50. The minimum Gasteiger partial charge on any atom is -0.341 e. The van der Waals surface area contributed by atoms with Gasteiger partial charge in [-0.2, -0.15) is 0 Å². The van der Waals surface area contributed by atoms with Crippen LogP contribution in [0, 0.1) is 5.82 Å². The molecule has 130 valence electrons. The molecular weight excluding hydrogens is 349 g/mol. The number of hydrogen-bond donors (Lipinski definition) is 3. The second kappa shape index (κ2) is 7.06. The number of hydrogen-bond acceptors (Lipinski definition) is 3. The van der Waals surface area contributed by atoms with Gasteiger partial charge in [-0.3, -0.25) is 14.4 Å². The van der Waals surface area contributed by atoms with E-state index >= 15 is 0 Å². The van der Waals surface area contributed by atoms with Crippen LogP contribution in [0.4, 0.5) is 10.1 Å². The quantitative estimate of drug-likeness (QED) is 0.715. The second-order valence-electron chi connectivity index (χ2n) is 5.76. The van der Waals surface area contributed by atoms with Gasteiger partial charge in [-0.15, -0.1) is 0 Å². The number of amides is 2. The predicted molar refractivity (Wildman–Crippen MR) is 90.9 cm³/mol. The molecule has 1 atom stereocenters. The number of aryl methyl sites for hydroxylation is 1. The maximum atomic E-state index is 13.4. The third-order valence-corrected chi connectivity index (χ3v) is 4.33. The number of benzene rings is 1. The average molecular weight is 364 g/mol. The van der Waals surface area contributed by atoms with Gasteiger partial charge in [0, 0.05) is 17.4 Å². The van der Waals surface area contributed by atoms with Crippen LogP contribution in [0.25, 0.3) is 0 Å². The lowest BCUT2D eigenvalue weighted by Gasteiger charge is -2.25. The Morgan fingerprint density at radius 1 is 1.20 bits per heavy atom. The summed E-state index contributed by atoms with van der Waals surface area (Å²) in [6.07, 6.45) is 2.16. The van der Waals surface area contributed by atoms with Crippen molar-refractivity contribution in [3.05, 3.63) is 62.8 Å². The summed E-state index contributed by atoms with van der Waals surface area (Å²) in [4.78, 5) is 38.3. The summed E-state index contributed by atoms with van der Waals surface area (Å²) >= 11 is 5.58. The molecule has 1 aromatic heterocycles. The zero-order valence-corrected chi connectivity index (χ0v) is 13.8. The molecule has 0 fully saturated rings. The van der Waals surface area contributed by atoms with Crippen molar-refractivity contribution in [1.82, 2.24) is 10.3 Å². The first kappa shape index (κ1) is 17.2. The van der Waals surface area contributed by atoms with Gasteiger partial charge < -0.3 is 15.6 Å². The van der Waals surface area contributed by atoms with Crippen molar-refractivity contribution in [3.63, 3.8) is 0 Å². The molecule has 1 aromatic carbocycles. The molecule has 3 N–H and O–H groups in total. The van der Waals surface area contributed by atoms with Crippen LogP contribution in [0.2, 0.25) is 5.02 Å². The smallest absolute Gasteiger partial charge is 0.313 e. The van der Waals surface area contributed by atoms with Crippen LogP contribution < -0.4 is 16.2 Å². The summed E-state index contributed by atoms with van der Waals surface area (Å²) < 4.78 is 13.4. The van der Waals surface area contributed by atoms with Gasteiger partial charge in [-0.25, -0.2) is 4.39 Å². The molecule has 1 aliphatic carbocycles. The maximum absolute atomic E-state index is 13.4. The van der Waals surface area contributed by atoms with Crippen LogP contribution in [0.3, 0.4) is 0 Å². The molecule has 8 heteroatoms. The summed E-state index contributed by atoms with van der Waals surface area (Å²) in [6.45, 7) is 0. The lowest BCUT2D eigenvalue weighted by atomic mass is 9.91. The highest BCUT2D eigenvalue weighted by atomic mass is 35.5. The molecule has 25 heavy (non-hydrogen) atoms. The van der Waals surface area contributed by atoms with Gasteiger partial charge in [-0.05, 0) is 49.1 Å². The number of carbonyl (C=O) groups excluding carboxylic acids is 2.